The number of para-hydroxylation sites is 2. The molecule has 1 amide bonds. The van der Waals surface area contributed by atoms with Crippen molar-refractivity contribution in [2.45, 2.75) is 38.4 Å². The Morgan fingerprint density at radius 2 is 1.87 bits per heavy atom. The van der Waals surface area contributed by atoms with Crippen LogP contribution in [0.4, 0.5) is 0 Å². The number of aromatic nitrogens is 3. The fourth-order valence-corrected chi connectivity index (χ4v) is 3.68. The molecule has 1 N–H and O–H groups in total. The summed E-state index contributed by atoms with van der Waals surface area (Å²) < 4.78 is 13.1. The number of nitrogens with zero attached hydrogens (tertiary/aromatic N) is 3. The van der Waals surface area contributed by atoms with Gasteiger partial charge in [-0.3, -0.25) is 9.36 Å². The van der Waals surface area contributed by atoms with Gasteiger partial charge in [-0.25, -0.2) is 0 Å². The molecule has 0 aliphatic carbocycles. The van der Waals surface area contributed by atoms with Gasteiger partial charge in [0.25, 0.3) is 5.91 Å². The van der Waals surface area contributed by atoms with Crippen LogP contribution in [0.1, 0.15) is 42.9 Å². The quantitative estimate of drug-likeness (QED) is 0.349. The Labute approximate surface area is 187 Å². The largest absolute Gasteiger partial charge is 0.495 e. The molecule has 0 aliphatic heterocycles. The Kier molecular flexibility index (Phi) is 8.35. The normalized spacial score (nSPS) is 10.7. The molecule has 8 heteroatoms. The third-order valence-electron chi connectivity index (χ3n) is 4.59. The molecule has 7 nitrogen and oxygen atoms in total. The SMILES string of the molecule is CCCCOc1ccc(C(=O)NCc2nnc(SCC)n2-c2ccccc2OC)cc1. The minimum atomic E-state index is -0.181. The first-order chi connectivity index (χ1) is 15.2. The Morgan fingerprint density at radius 1 is 1.10 bits per heavy atom. The van der Waals surface area contributed by atoms with E-state index < -0.39 is 0 Å². The van der Waals surface area contributed by atoms with Crippen LogP contribution >= 0.6 is 11.8 Å². The number of carbonyl (C=O) groups excluding carboxylic acids is 1. The molecule has 3 aromatic rings. The molecule has 0 bridgehead atoms. The summed E-state index contributed by atoms with van der Waals surface area (Å²) in [5.41, 5.74) is 1.40. The first kappa shape index (κ1) is 22.7. The predicted octanol–water partition coefficient (Wildman–Crippen LogP) is 4.50. The van der Waals surface area contributed by atoms with Gasteiger partial charge in [0.15, 0.2) is 11.0 Å². The van der Waals surface area contributed by atoms with Crippen molar-refractivity contribution in [3.8, 4) is 17.2 Å². The monoisotopic (exact) mass is 440 g/mol. The topological polar surface area (TPSA) is 78.3 Å². The summed E-state index contributed by atoms with van der Waals surface area (Å²) in [5.74, 6) is 2.79. The number of amides is 1. The molecule has 3 rings (SSSR count). The second-order valence-corrected chi connectivity index (χ2v) is 7.98. The molecule has 0 aliphatic rings. The lowest BCUT2D eigenvalue weighted by Gasteiger charge is -2.14. The summed E-state index contributed by atoms with van der Waals surface area (Å²) >= 11 is 1.58. The maximum absolute atomic E-state index is 12.7. The number of unbranched alkanes of at least 4 members (excludes halogenated alkanes) is 1. The number of carbonyl (C=O) groups is 1. The molecular weight excluding hydrogens is 412 g/mol. The molecule has 0 spiro atoms. The maximum Gasteiger partial charge on any atom is 0.251 e. The number of benzene rings is 2. The van der Waals surface area contributed by atoms with E-state index >= 15 is 0 Å². The van der Waals surface area contributed by atoms with E-state index in [0.717, 1.165) is 35.2 Å². The Morgan fingerprint density at radius 3 is 2.58 bits per heavy atom. The van der Waals surface area contributed by atoms with Gasteiger partial charge in [0.1, 0.15) is 11.5 Å². The Bertz CT molecular complexity index is 989. The van der Waals surface area contributed by atoms with Gasteiger partial charge in [-0.15, -0.1) is 10.2 Å². The summed E-state index contributed by atoms with van der Waals surface area (Å²) in [7, 11) is 1.63. The van der Waals surface area contributed by atoms with E-state index in [0.29, 0.717) is 23.7 Å². The summed E-state index contributed by atoms with van der Waals surface area (Å²) in [6.07, 6.45) is 2.09. The molecule has 0 fully saturated rings. The van der Waals surface area contributed by atoms with Crippen molar-refractivity contribution < 1.29 is 14.3 Å². The lowest BCUT2D eigenvalue weighted by Crippen LogP contribution is -2.24. The smallest absolute Gasteiger partial charge is 0.251 e. The van der Waals surface area contributed by atoms with Gasteiger partial charge in [0, 0.05) is 5.56 Å². The molecule has 2 aromatic carbocycles. The number of hydrogen-bond acceptors (Lipinski definition) is 6. The Hall–Kier alpha value is -3.00. The van der Waals surface area contributed by atoms with E-state index in [9.17, 15) is 4.79 Å². The number of thioether (sulfide) groups is 1. The van der Waals surface area contributed by atoms with Crippen LogP contribution in [0.15, 0.2) is 53.7 Å². The zero-order valence-electron chi connectivity index (χ0n) is 18.1. The first-order valence-electron chi connectivity index (χ1n) is 10.4. The molecule has 0 saturated heterocycles. The average Bonchev–Trinajstić information content (AvgIpc) is 3.20. The van der Waals surface area contributed by atoms with Crippen molar-refractivity contribution in [1.29, 1.82) is 0 Å². The fourth-order valence-electron chi connectivity index (χ4n) is 2.99. The number of methoxy groups -OCH3 is 1. The number of nitrogens with one attached hydrogen (secondary N) is 1. The van der Waals surface area contributed by atoms with Crippen LogP contribution in [0.5, 0.6) is 11.5 Å². The highest BCUT2D eigenvalue weighted by Crippen LogP contribution is 2.28. The van der Waals surface area contributed by atoms with Gasteiger partial charge in [-0.05, 0) is 48.6 Å². The number of rotatable bonds is 11. The standard InChI is InChI=1S/C23H28N4O3S/c1-4-6-15-30-18-13-11-17(12-14-18)22(28)24-16-21-25-26-23(31-5-2)27(21)19-9-7-8-10-20(19)29-3/h7-14H,4-6,15-16H2,1-3H3,(H,24,28). The van der Waals surface area contributed by atoms with Crippen molar-refractivity contribution in [3.63, 3.8) is 0 Å². The third-order valence-corrected chi connectivity index (χ3v) is 5.40. The summed E-state index contributed by atoms with van der Waals surface area (Å²) in [4.78, 5) is 12.7. The van der Waals surface area contributed by atoms with E-state index in [1.165, 1.54) is 0 Å². The first-order valence-corrected chi connectivity index (χ1v) is 11.4. The highest BCUT2D eigenvalue weighted by Gasteiger charge is 2.18. The zero-order chi connectivity index (χ0) is 22.1. The zero-order valence-corrected chi connectivity index (χ0v) is 18.9. The second kappa shape index (κ2) is 11.4. The van der Waals surface area contributed by atoms with E-state index in [-0.39, 0.29) is 12.5 Å². The van der Waals surface area contributed by atoms with Crippen LogP contribution in [0.3, 0.4) is 0 Å². The van der Waals surface area contributed by atoms with Gasteiger partial charge >= 0.3 is 0 Å². The van der Waals surface area contributed by atoms with E-state index in [1.54, 1.807) is 31.0 Å². The molecule has 1 heterocycles. The van der Waals surface area contributed by atoms with E-state index in [4.69, 9.17) is 9.47 Å². The van der Waals surface area contributed by atoms with Crippen molar-refractivity contribution in [2.75, 3.05) is 19.5 Å². The molecule has 164 valence electrons. The molecule has 0 unspecified atom stereocenters. The van der Waals surface area contributed by atoms with Crippen molar-refractivity contribution in [2.24, 2.45) is 0 Å². The molecule has 0 atom stereocenters. The van der Waals surface area contributed by atoms with Crippen molar-refractivity contribution in [1.82, 2.24) is 20.1 Å². The van der Waals surface area contributed by atoms with Crippen LogP contribution in [0, 0.1) is 0 Å². The van der Waals surface area contributed by atoms with E-state index in [2.05, 4.69) is 29.4 Å². The Balaban J connectivity index is 1.73. The number of hydrogen-bond donors (Lipinski definition) is 1. The summed E-state index contributed by atoms with van der Waals surface area (Å²) in [6.45, 7) is 5.10. The number of ether oxygens (including phenoxy) is 2. The third kappa shape index (κ3) is 5.79. The predicted molar refractivity (Wildman–Crippen MR) is 122 cm³/mol. The van der Waals surface area contributed by atoms with Crippen molar-refractivity contribution in [3.05, 3.63) is 59.9 Å². The lowest BCUT2D eigenvalue weighted by molar-refractivity contribution is 0.0949. The van der Waals surface area contributed by atoms with Crippen LogP contribution in [-0.4, -0.2) is 40.1 Å². The molecule has 0 radical (unpaired) electrons. The van der Waals surface area contributed by atoms with Gasteiger partial charge in [-0.1, -0.05) is 44.2 Å². The van der Waals surface area contributed by atoms with Gasteiger partial charge in [0.05, 0.1) is 25.9 Å². The van der Waals surface area contributed by atoms with Gasteiger partial charge < -0.3 is 14.8 Å². The molecule has 0 saturated carbocycles. The molecular formula is C23H28N4O3S. The van der Waals surface area contributed by atoms with Crippen LogP contribution in [-0.2, 0) is 6.54 Å². The van der Waals surface area contributed by atoms with Crippen LogP contribution in [0.25, 0.3) is 5.69 Å². The van der Waals surface area contributed by atoms with Crippen LogP contribution in [0.2, 0.25) is 0 Å². The summed E-state index contributed by atoms with van der Waals surface area (Å²) in [5, 5.41) is 12.3. The fraction of sp³-hybridized carbons (Fsp3) is 0.348. The van der Waals surface area contributed by atoms with Gasteiger partial charge in [0.2, 0.25) is 0 Å². The summed E-state index contributed by atoms with van der Waals surface area (Å²) in [6, 6.07) is 14.9. The van der Waals surface area contributed by atoms with Crippen molar-refractivity contribution >= 4 is 17.7 Å². The lowest BCUT2D eigenvalue weighted by atomic mass is 10.2. The highest BCUT2D eigenvalue weighted by molar-refractivity contribution is 7.99. The van der Waals surface area contributed by atoms with Crippen LogP contribution < -0.4 is 14.8 Å². The highest BCUT2D eigenvalue weighted by atomic mass is 32.2. The molecule has 31 heavy (non-hydrogen) atoms. The second-order valence-electron chi connectivity index (χ2n) is 6.75. The molecule has 1 aromatic heterocycles. The maximum atomic E-state index is 12.7. The minimum Gasteiger partial charge on any atom is -0.495 e. The van der Waals surface area contributed by atoms with Gasteiger partial charge in [-0.2, -0.15) is 0 Å². The minimum absolute atomic E-state index is 0.181. The average molecular weight is 441 g/mol. The van der Waals surface area contributed by atoms with E-state index in [1.807, 2.05) is 41.0 Å².